The van der Waals surface area contributed by atoms with Gasteiger partial charge in [-0.2, -0.15) is 0 Å². The van der Waals surface area contributed by atoms with E-state index in [2.05, 4.69) is 41.3 Å². The van der Waals surface area contributed by atoms with Gasteiger partial charge in [0.1, 0.15) is 0 Å². The average molecular weight is 353 g/mol. The summed E-state index contributed by atoms with van der Waals surface area (Å²) in [7, 11) is 2.16. The summed E-state index contributed by atoms with van der Waals surface area (Å²) in [5.74, 6) is 0.607. The second kappa shape index (κ2) is 9.25. The van der Waals surface area contributed by atoms with Gasteiger partial charge in [-0.1, -0.05) is 25.4 Å². The third-order valence-electron chi connectivity index (χ3n) is 4.40. The Balaban J connectivity index is 1.84. The van der Waals surface area contributed by atoms with Crippen LogP contribution in [0.25, 0.3) is 0 Å². The number of urea groups is 1. The van der Waals surface area contributed by atoms with Gasteiger partial charge in [0.15, 0.2) is 0 Å². The fraction of sp³-hybridized carbons (Fsp3) is 0.611. The quantitative estimate of drug-likeness (QED) is 0.827. The molecule has 0 aliphatic carbocycles. The lowest BCUT2D eigenvalue weighted by atomic mass is 10.0. The molecule has 0 radical (unpaired) electrons. The minimum atomic E-state index is -0.166. The normalized spacial score (nSPS) is 17.7. The first kappa shape index (κ1) is 19.0. The maximum atomic E-state index is 12.1. The molecule has 6 heteroatoms. The largest absolute Gasteiger partial charge is 0.336 e. The van der Waals surface area contributed by atoms with Gasteiger partial charge in [-0.3, -0.25) is 4.90 Å². The molecule has 0 bridgehead atoms. The molecule has 1 aliphatic rings. The number of hydrogen-bond donors (Lipinski definition) is 2. The molecule has 24 heavy (non-hydrogen) atoms. The first-order chi connectivity index (χ1) is 11.4. The monoisotopic (exact) mass is 352 g/mol. The summed E-state index contributed by atoms with van der Waals surface area (Å²) in [4.78, 5) is 17.0. The predicted molar refractivity (Wildman–Crippen MR) is 101 cm³/mol. The van der Waals surface area contributed by atoms with E-state index in [-0.39, 0.29) is 6.03 Å². The number of halogens is 1. The van der Waals surface area contributed by atoms with Crippen molar-refractivity contribution in [2.45, 2.75) is 26.3 Å². The number of hydrogen-bond acceptors (Lipinski definition) is 3. The molecule has 1 unspecified atom stereocenters. The second-order valence-corrected chi connectivity index (χ2v) is 7.40. The average Bonchev–Trinajstić information content (AvgIpc) is 2.54. The van der Waals surface area contributed by atoms with Crippen LogP contribution in [-0.2, 0) is 0 Å². The van der Waals surface area contributed by atoms with Crippen LogP contribution in [0.4, 0.5) is 10.5 Å². The molecule has 2 N–H and O–H groups in total. The molecule has 1 aromatic rings. The highest BCUT2D eigenvalue weighted by Gasteiger charge is 2.23. The standard InChI is InChI=1S/C18H29ClN4O/c1-14(2)12-17(23-10-8-22(3)9-11-23)13-20-18(24)21-16-6-4-15(19)5-7-16/h4-7,14,17H,8-13H2,1-3H3,(H2,20,21,24). The van der Waals surface area contributed by atoms with Crippen molar-refractivity contribution in [3.8, 4) is 0 Å². The summed E-state index contributed by atoms with van der Waals surface area (Å²) in [6, 6.07) is 7.35. The van der Waals surface area contributed by atoms with Crippen LogP contribution in [0.3, 0.4) is 0 Å². The molecular weight excluding hydrogens is 324 g/mol. The first-order valence-corrected chi connectivity index (χ1v) is 9.05. The minimum Gasteiger partial charge on any atom is -0.336 e. The van der Waals surface area contributed by atoms with Crippen LogP contribution >= 0.6 is 11.6 Å². The number of amides is 2. The van der Waals surface area contributed by atoms with Gasteiger partial charge in [-0.25, -0.2) is 4.79 Å². The van der Waals surface area contributed by atoms with Gasteiger partial charge >= 0.3 is 6.03 Å². The Kier molecular flexibility index (Phi) is 7.34. The van der Waals surface area contributed by atoms with E-state index < -0.39 is 0 Å². The van der Waals surface area contributed by atoms with E-state index in [9.17, 15) is 4.79 Å². The molecule has 0 spiro atoms. The number of benzene rings is 1. The highest BCUT2D eigenvalue weighted by Crippen LogP contribution is 2.15. The van der Waals surface area contributed by atoms with Gasteiger partial charge in [-0.15, -0.1) is 0 Å². The van der Waals surface area contributed by atoms with Crippen molar-refractivity contribution in [3.05, 3.63) is 29.3 Å². The Hall–Kier alpha value is -1.30. The van der Waals surface area contributed by atoms with Gasteiger partial charge < -0.3 is 15.5 Å². The number of likely N-dealkylation sites (N-methyl/N-ethyl adjacent to an activating group) is 1. The van der Waals surface area contributed by atoms with E-state index in [1.807, 2.05) is 0 Å². The number of anilines is 1. The van der Waals surface area contributed by atoms with Crippen LogP contribution in [0.5, 0.6) is 0 Å². The lowest BCUT2D eigenvalue weighted by molar-refractivity contribution is 0.100. The van der Waals surface area contributed by atoms with E-state index in [0.717, 1.165) is 38.3 Å². The number of nitrogens with one attached hydrogen (secondary N) is 2. The van der Waals surface area contributed by atoms with Gasteiger partial charge in [0.25, 0.3) is 0 Å². The van der Waals surface area contributed by atoms with E-state index >= 15 is 0 Å². The summed E-state index contributed by atoms with van der Waals surface area (Å²) in [5.41, 5.74) is 0.747. The van der Waals surface area contributed by atoms with Crippen molar-refractivity contribution in [3.63, 3.8) is 0 Å². The summed E-state index contributed by atoms with van der Waals surface area (Å²) in [6.45, 7) is 9.44. The Morgan fingerprint density at radius 3 is 2.38 bits per heavy atom. The molecule has 0 aromatic heterocycles. The molecule has 1 aliphatic heterocycles. The summed E-state index contributed by atoms with van der Waals surface area (Å²) >= 11 is 5.86. The number of rotatable bonds is 6. The van der Waals surface area contributed by atoms with Crippen LogP contribution < -0.4 is 10.6 Å². The molecule has 5 nitrogen and oxygen atoms in total. The summed E-state index contributed by atoms with van der Waals surface area (Å²) in [6.07, 6.45) is 1.09. The minimum absolute atomic E-state index is 0.166. The fourth-order valence-corrected chi connectivity index (χ4v) is 3.14. The van der Waals surface area contributed by atoms with E-state index in [4.69, 9.17) is 11.6 Å². The third kappa shape index (κ3) is 6.30. The zero-order valence-electron chi connectivity index (χ0n) is 14.9. The van der Waals surface area contributed by atoms with Crippen LogP contribution in [0, 0.1) is 5.92 Å². The third-order valence-corrected chi connectivity index (χ3v) is 4.65. The van der Waals surface area contributed by atoms with E-state index in [1.54, 1.807) is 24.3 Å². The zero-order valence-corrected chi connectivity index (χ0v) is 15.6. The predicted octanol–water partition coefficient (Wildman–Crippen LogP) is 3.12. The number of nitrogens with zero attached hydrogens (tertiary/aromatic N) is 2. The molecule has 1 heterocycles. The van der Waals surface area contributed by atoms with Crippen LogP contribution in [0.15, 0.2) is 24.3 Å². The van der Waals surface area contributed by atoms with Gasteiger partial charge in [0, 0.05) is 49.5 Å². The van der Waals surface area contributed by atoms with Crippen molar-refractivity contribution in [1.29, 1.82) is 0 Å². The zero-order chi connectivity index (χ0) is 17.5. The summed E-state index contributed by atoms with van der Waals surface area (Å²) < 4.78 is 0. The Labute approximate surface area is 150 Å². The number of piperazine rings is 1. The van der Waals surface area contributed by atoms with Crippen LogP contribution in [-0.4, -0.2) is 61.6 Å². The molecule has 1 fully saturated rings. The Morgan fingerprint density at radius 1 is 1.17 bits per heavy atom. The highest BCUT2D eigenvalue weighted by molar-refractivity contribution is 6.30. The highest BCUT2D eigenvalue weighted by atomic mass is 35.5. The topological polar surface area (TPSA) is 47.6 Å². The Bertz CT molecular complexity index is 512. The molecule has 1 aromatic carbocycles. The molecule has 1 saturated heterocycles. The van der Waals surface area contributed by atoms with E-state index in [1.165, 1.54) is 0 Å². The maximum absolute atomic E-state index is 12.1. The lowest BCUT2D eigenvalue weighted by Gasteiger charge is -2.38. The maximum Gasteiger partial charge on any atom is 0.319 e. The number of carbonyl (C=O) groups is 1. The van der Waals surface area contributed by atoms with Crippen molar-refractivity contribution in [2.75, 3.05) is 45.1 Å². The smallest absolute Gasteiger partial charge is 0.319 e. The lowest BCUT2D eigenvalue weighted by Crippen LogP contribution is -2.53. The van der Waals surface area contributed by atoms with Crippen molar-refractivity contribution in [2.24, 2.45) is 5.92 Å². The van der Waals surface area contributed by atoms with Crippen molar-refractivity contribution >= 4 is 23.3 Å². The van der Waals surface area contributed by atoms with Crippen molar-refractivity contribution < 1.29 is 4.79 Å². The van der Waals surface area contributed by atoms with Gasteiger partial charge in [0.2, 0.25) is 0 Å². The second-order valence-electron chi connectivity index (χ2n) is 6.96. The van der Waals surface area contributed by atoms with E-state index in [0.29, 0.717) is 23.5 Å². The van der Waals surface area contributed by atoms with Crippen LogP contribution in [0.2, 0.25) is 5.02 Å². The molecule has 0 saturated carbocycles. The molecular formula is C18H29ClN4O. The van der Waals surface area contributed by atoms with Gasteiger partial charge in [-0.05, 0) is 43.7 Å². The molecule has 2 amide bonds. The van der Waals surface area contributed by atoms with Crippen molar-refractivity contribution in [1.82, 2.24) is 15.1 Å². The SMILES string of the molecule is CC(C)CC(CNC(=O)Nc1ccc(Cl)cc1)N1CCN(C)CC1. The molecule has 134 valence electrons. The molecule has 2 rings (SSSR count). The summed E-state index contributed by atoms with van der Waals surface area (Å²) in [5, 5.41) is 6.53. The van der Waals surface area contributed by atoms with Gasteiger partial charge in [0.05, 0.1) is 0 Å². The van der Waals surface area contributed by atoms with Crippen LogP contribution in [0.1, 0.15) is 20.3 Å². The Morgan fingerprint density at radius 2 is 1.79 bits per heavy atom. The fourth-order valence-electron chi connectivity index (χ4n) is 3.01. The first-order valence-electron chi connectivity index (χ1n) is 8.67. The molecule has 1 atom stereocenters. The number of carbonyl (C=O) groups excluding carboxylic acids is 1.